The van der Waals surface area contributed by atoms with Crippen LogP contribution in [0.2, 0.25) is 0 Å². The van der Waals surface area contributed by atoms with Gasteiger partial charge in [-0.25, -0.2) is 0 Å². The topological polar surface area (TPSA) is 14.8 Å². The summed E-state index contributed by atoms with van der Waals surface area (Å²) in [5, 5.41) is 8.01. The number of nitrogens with zero attached hydrogens (tertiary/aromatic N) is 3. The fourth-order valence-electron chi connectivity index (χ4n) is 9.97. The van der Waals surface area contributed by atoms with Gasteiger partial charge in [0.2, 0.25) is 0 Å². The zero-order chi connectivity index (χ0) is 37.2. The van der Waals surface area contributed by atoms with Gasteiger partial charge in [0.15, 0.2) is 0 Å². The number of rotatable bonds is 6. The molecule has 57 heavy (non-hydrogen) atoms. The molecule has 0 saturated carbocycles. The quantitative estimate of drug-likeness (QED) is 0.152. The van der Waals surface area contributed by atoms with Crippen LogP contribution in [-0.2, 0) is 0 Å². The lowest BCUT2D eigenvalue weighted by atomic mass is 9.91. The highest BCUT2D eigenvalue weighted by Crippen LogP contribution is 2.55. The molecular formula is C54H33N3. The molecule has 0 N–H and O–H groups in total. The molecule has 0 amide bonds. The fraction of sp³-hybridized carbons (Fsp3) is 0. The van der Waals surface area contributed by atoms with E-state index in [9.17, 15) is 0 Å². The first-order valence-corrected chi connectivity index (χ1v) is 19.7. The van der Waals surface area contributed by atoms with Crippen LogP contribution < -0.4 is 0 Å². The fourth-order valence-corrected chi connectivity index (χ4v) is 9.97. The molecule has 0 unspecified atom stereocenters. The van der Waals surface area contributed by atoms with Gasteiger partial charge in [-0.1, -0.05) is 133 Å². The Kier molecular flexibility index (Phi) is 6.16. The van der Waals surface area contributed by atoms with E-state index in [1.807, 2.05) is 0 Å². The Balaban J connectivity index is 1.14. The van der Waals surface area contributed by atoms with Crippen molar-refractivity contribution in [1.82, 2.24) is 13.7 Å². The molecule has 0 spiro atoms. The van der Waals surface area contributed by atoms with Gasteiger partial charge >= 0.3 is 0 Å². The zero-order valence-electron chi connectivity index (χ0n) is 30.9. The summed E-state index contributed by atoms with van der Waals surface area (Å²) in [6, 6.07) is 73.3. The Labute approximate surface area is 328 Å². The van der Waals surface area contributed by atoms with Crippen molar-refractivity contribution in [2.45, 2.75) is 0 Å². The molecule has 0 fully saturated rings. The molecule has 3 aromatic heterocycles. The van der Waals surface area contributed by atoms with Crippen LogP contribution in [0.15, 0.2) is 200 Å². The Morgan fingerprint density at radius 2 is 0.544 bits per heavy atom. The number of para-hydroxylation sites is 3. The molecule has 0 aliphatic heterocycles. The maximum Gasteiger partial charge on any atom is 0.0627 e. The molecule has 0 atom stereocenters. The summed E-state index contributed by atoms with van der Waals surface area (Å²) in [7, 11) is 0. The first-order chi connectivity index (χ1) is 28.3. The van der Waals surface area contributed by atoms with Crippen molar-refractivity contribution in [2.75, 3.05) is 0 Å². The van der Waals surface area contributed by atoms with Crippen LogP contribution in [0.3, 0.4) is 0 Å². The molecule has 264 valence electrons. The highest BCUT2D eigenvalue weighted by molar-refractivity contribution is 6.46. The third kappa shape index (κ3) is 4.15. The summed E-state index contributed by atoms with van der Waals surface area (Å²) in [6.45, 7) is 0. The van der Waals surface area contributed by atoms with Gasteiger partial charge in [0.25, 0.3) is 0 Å². The molecule has 13 aromatic rings. The van der Waals surface area contributed by atoms with Crippen molar-refractivity contribution in [3.8, 4) is 50.4 Å². The summed E-state index contributed by atoms with van der Waals surface area (Å²) in [6.07, 6.45) is 0. The van der Waals surface area contributed by atoms with E-state index in [0.717, 1.165) is 5.69 Å². The number of benzene rings is 10. The maximum absolute atomic E-state index is 2.53. The molecule has 13 rings (SSSR count). The normalized spacial score (nSPS) is 12.2. The lowest BCUT2D eigenvalue weighted by molar-refractivity contribution is 1.17. The minimum atomic E-state index is 1.16. The van der Waals surface area contributed by atoms with Crippen LogP contribution in [-0.4, -0.2) is 13.7 Å². The second-order valence-corrected chi connectivity index (χ2v) is 15.3. The van der Waals surface area contributed by atoms with Crippen molar-refractivity contribution >= 4 is 65.4 Å². The third-order valence-corrected chi connectivity index (χ3v) is 12.3. The highest BCUT2D eigenvalue weighted by Gasteiger charge is 2.31. The maximum atomic E-state index is 2.53. The van der Waals surface area contributed by atoms with E-state index in [-0.39, 0.29) is 0 Å². The van der Waals surface area contributed by atoms with E-state index < -0.39 is 0 Å². The number of aromatic nitrogens is 3. The average Bonchev–Trinajstić information content (AvgIpc) is 3.93. The lowest BCUT2D eigenvalue weighted by Gasteiger charge is -2.14. The van der Waals surface area contributed by atoms with Crippen LogP contribution in [0.25, 0.3) is 116 Å². The first-order valence-electron chi connectivity index (χ1n) is 19.7. The van der Waals surface area contributed by atoms with E-state index in [1.165, 1.54) is 110 Å². The van der Waals surface area contributed by atoms with Gasteiger partial charge < -0.3 is 13.7 Å². The average molecular weight is 724 g/mol. The second kappa shape index (κ2) is 11.5. The summed E-state index contributed by atoms with van der Waals surface area (Å²) < 4.78 is 7.50. The monoisotopic (exact) mass is 723 g/mol. The van der Waals surface area contributed by atoms with Crippen LogP contribution >= 0.6 is 0 Å². The smallest absolute Gasteiger partial charge is 0.0627 e. The van der Waals surface area contributed by atoms with E-state index in [0.29, 0.717) is 0 Å². The minimum Gasteiger partial charge on any atom is -0.309 e. The molecule has 0 radical (unpaired) electrons. The molecular weight excluding hydrogens is 691 g/mol. The van der Waals surface area contributed by atoms with Gasteiger partial charge in [0, 0.05) is 54.9 Å². The SMILES string of the molecule is c1ccc(-c2ccc(-c3ccc(-c4cc5c6c7c8c9c%10c6c4n(-c4ccccc4)c%10ccc9n(-c4ccccc4)c8ccc7n5-c4ccccc4)cc3)cc2)cc1. The Morgan fingerprint density at radius 3 is 1.00 bits per heavy atom. The Morgan fingerprint density at radius 1 is 0.228 bits per heavy atom. The standard InChI is InChI=1S/C54H33N3/c1-5-13-34(14-6-1)35-21-23-36(24-22-35)37-25-27-38(28-26-37)42-33-47-52-50-45(56(47)40-17-9-3-10-18-40)30-29-43-48(50)49-44(55(43)39-15-7-2-8-16-39)31-32-46-51(49)53(52)54(42)57(46)41-19-11-4-12-20-41/h1-33H. The predicted molar refractivity (Wildman–Crippen MR) is 239 cm³/mol. The first kappa shape index (κ1) is 30.7. The largest absolute Gasteiger partial charge is 0.309 e. The van der Waals surface area contributed by atoms with Crippen molar-refractivity contribution < 1.29 is 0 Å². The van der Waals surface area contributed by atoms with Gasteiger partial charge in [-0.05, 0) is 94.5 Å². The summed E-state index contributed by atoms with van der Waals surface area (Å²) in [5.41, 5.74) is 18.2. The second-order valence-electron chi connectivity index (χ2n) is 15.3. The molecule has 3 nitrogen and oxygen atoms in total. The van der Waals surface area contributed by atoms with Gasteiger partial charge in [-0.3, -0.25) is 0 Å². The van der Waals surface area contributed by atoms with Crippen LogP contribution in [0.1, 0.15) is 0 Å². The zero-order valence-corrected chi connectivity index (χ0v) is 30.9. The van der Waals surface area contributed by atoms with Crippen molar-refractivity contribution in [3.63, 3.8) is 0 Å². The van der Waals surface area contributed by atoms with Gasteiger partial charge in [-0.2, -0.15) is 0 Å². The van der Waals surface area contributed by atoms with Crippen molar-refractivity contribution in [1.29, 1.82) is 0 Å². The molecule has 3 heterocycles. The molecule has 0 bridgehead atoms. The minimum absolute atomic E-state index is 1.16. The number of hydrogen-bond donors (Lipinski definition) is 0. The molecule has 0 aliphatic carbocycles. The van der Waals surface area contributed by atoms with E-state index in [2.05, 4.69) is 214 Å². The molecule has 10 aromatic carbocycles. The van der Waals surface area contributed by atoms with Gasteiger partial charge in [-0.15, -0.1) is 0 Å². The Bertz CT molecular complexity index is 3530. The van der Waals surface area contributed by atoms with Crippen molar-refractivity contribution in [2.24, 2.45) is 0 Å². The highest BCUT2D eigenvalue weighted by atomic mass is 15.0. The summed E-state index contributed by atoms with van der Waals surface area (Å²) >= 11 is 0. The van der Waals surface area contributed by atoms with E-state index >= 15 is 0 Å². The van der Waals surface area contributed by atoms with Crippen LogP contribution in [0, 0.1) is 0 Å². The number of hydrogen-bond acceptors (Lipinski definition) is 0. The van der Waals surface area contributed by atoms with E-state index in [4.69, 9.17) is 0 Å². The molecule has 3 heteroatoms. The van der Waals surface area contributed by atoms with Crippen molar-refractivity contribution in [3.05, 3.63) is 200 Å². The van der Waals surface area contributed by atoms with Gasteiger partial charge in [0.05, 0.1) is 33.1 Å². The van der Waals surface area contributed by atoms with Crippen LogP contribution in [0.4, 0.5) is 0 Å². The Hall–Kier alpha value is -7.62. The van der Waals surface area contributed by atoms with E-state index in [1.54, 1.807) is 0 Å². The summed E-state index contributed by atoms with van der Waals surface area (Å²) in [5.74, 6) is 0. The summed E-state index contributed by atoms with van der Waals surface area (Å²) in [4.78, 5) is 0. The third-order valence-electron chi connectivity index (χ3n) is 12.3. The predicted octanol–water partition coefficient (Wildman–Crippen LogP) is 14.3. The molecule has 0 saturated heterocycles. The van der Waals surface area contributed by atoms with Gasteiger partial charge in [0.1, 0.15) is 0 Å². The molecule has 0 aliphatic rings. The lowest BCUT2D eigenvalue weighted by Crippen LogP contribution is -1.97. The van der Waals surface area contributed by atoms with Crippen LogP contribution in [0.5, 0.6) is 0 Å².